The smallest absolute Gasteiger partial charge is 0.415 e. The van der Waals surface area contributed by atoms with Gasteiger partial charge in [0.2, 0.25) is 0 Å². The van der Waals surface area contributed by atoms with Crippen LogP contribution in [-0.4, -0.2) is 28.3 Å². The van der Waals surface area contributed by atoms with Crippen molar-refractivity contribution in [3.05, 3.63) is 0 Å². The fourth-order valence-corrected chi connectivity index (χ4v) is 1.16. The van der Waals surface area contributed by atoms with Gasteiger partial charge in [-0.1, -0.05) is 13.8 Å². The van der Waals surface area contributed by atoms with Gasteiger partial charge < -0.3 is 10.2 Å². The summed E-state index contributed by atoms with van der Waals surface area (Å²) in [4.78, 5) is 20.9. The van der Waals surface area contributed by atoms with E-state index in [1.807, 2.05) is 0 Å². The van der Waals surface area contributed by atoms with E-state index in [-0.39, 0.29) is 0 Å². The van der Waals surface area contributed by atoms with Gasteiger partial charge in [-0.25, -0.2) is 0 Å². The predicted octanol–water partition coefficient (Wildman–Crippen LogP) is 1.36. The summed E-state index contributed by atoms with van der Waals surface area (Å²) in [5.41, 5.74) is -3.73. The van der Waals surface area contributed by atoms with Gasteiger partial charge in [0.05, 0.1) is 0 Å². The monoisotopic (exact) mass is 214 g/mol. The fraction of sp³-hybridized carbons (Fsp3) is 0.714. The van der Waals surface area contributed by atoms with E-state index in [0.29, 0.717) is 0 Å². The Bertz CT molecular complexity index is 242. The first kappa shape index (κ1) is 12.7. The van der Waals surface area contributed by atoms with Crippen LogP contribution in [0.5, 0.6) is 0 Å². The Morgan fingerprint density at radius 1 is 1.07 bits per heavy atom. The Morgan fingerprint density at radius 3 is 1.36 bits per heavy atom. The van der Waals surface area contributed by atoms with Crippen molar-refractivity contribution in [2.45, 2.75) is 20.0 Å². The number of alkyl halides is 3. The number of carboxylic acids is 2. The van der Waals surface area contributed by atoms with Gasteiger partial charge in [-0.3, -0.25) is 9.59 Å². The van der Waals surface area contributed by atoms with E-state index in [1.165, 1.54) is 0 Å². The maximum atomic E-state index is 12.4. The van der Waals surface area contributed by atoms with E-state index in [9.17, 15) is 22.8 Å². The van der Waals surface area contributed by atoms with E-state index in [1.54, 1.807) is 0 Å². The number of hydrogen-bond donors (Lipinski definition) is 2. The van der Waals surface area contributed by atoms with Crippen molar-refractivity contribution < 1.29 is 33.0 Å². The lowest BCUT2D eigenvalue weighted by atomic mass is 9.76. The zero-order chi connectivity index (χ0) is 11.7. The molecule has 0 fully saturated rings. The summed E-state index contributed by atoms with van der Waals surface area (Å²) >= 11 is 0. The molecule has 0 saturated carbocycles. The Morgan fingerprint density at radius 2 is 1.36 bits per heavy atom. The number of hydrogen-bond acceptors (Lipinski definition) is 2. The SMILES string of the molecule is CC(C)C(C(=O)O)(C(=O)O)C(F)(F)F. The molecule has 0 amide bonds. The van der Waals surface area contributed by atoms with Crippen molar-refractivity contribution in [3.63, 3.8) is 0 Å². The topological polar surface area (TPSA) is 74.6 Å². The summed E-state index contributed by atoms with van der Waals surface area (Å²) in [6.07, 6.45) is -5.32. The van der Waals surface area contributed by atoms with Crippen LogP contribution >= 0.6 is 0 Å². The number of carboxylic acid groups (broad SMARTS) is 2. The summed E-state index contributed by atoms with van der Waals surface area (Å²) in [6.45, 7) is 1.80. The molecule has 0 radical (unpaired) electrons. The number of aliphatic carboxylic acids is 2. The first-order valence-electron chi connectivity index (χ1n) is 3.62. The molecule has 0 aromatic carbocycles. The lowest BCUT2D eigenvalue weighted by Gasteiger charge is -2.30. The zero-order valence-electron chi connectivity index (χ0n) is 7.42. The third kappa shape index (κ3) is 1.53. The van der Waals surface area contributed by atoms with Gasteiger partial charge in [0.15, 0.2) is 0 Å². The van der Waals surface area contributed by atoms with Crippen LogP contribution in [0.2, 0.25) is 0 Å². The lowest BCUT2D eigenvalue weighted by molar-refractivity contribution is -0.245. The van der Waals surface area contributed by atoms with Crippen LogP contribution in [0.1, 0.15) is 13.8 Å². The van der Waals surface area contributed by atoms with Crippen molar-refractivity contribution in [1.82, 2.24) is 0 Å². The quantitative estimate of drug-likeness (QED) is 0.695. The number of halogens is 3. The summed E-state index contributed by atoms with van der Waals surface area (Å²) in [5, 5.41) is 16.8. The summed E-state index contributed by atoms with van der Waals surface area (Å²) in [7, 11) is 0. The van der Waals surface area contributed by atoms with Crippen molar-refractivity contribution in [2.24, 2.45) is 11.3 Å². The average molecular weight is 214 g/mol. The minimum absolute atomic E-state index is 0.899. The fourth-order valence-electron chi connectivity index (χ4n) is 1.16. The second-order valence-electron chi connectivity index (χ2n) is 3.07. The second-order valence-corrected chi connectivity index (χ2v) is 3.07. The van der Waals surface area contributed by atoms with Gasteiger partial charge >= 0.3 is 18.1 Å². The molecule has 0 atom stereocenters. The first-order valence-corrected chi connectivity index (χ1v) is 3.62. The minimum Gasteiger partial charge on any atom is -0.480 e. The maximum Gasteiger partial charge on any atom is 0.415 e. The normalized spacial score (nSPS) is 13.0. The molecule has 82 valence electrons. The van der Waals surface area contributed by atoms with Gasteiger partial charge in [0, 0.05) is 0 Å². The maximum absolute atomic E-state index is 12.4. The molecule has 4 nitrogen and oxygen atoms in total. The van der Waals surface area contributed by atoms with Crippen LogP contribution in [0.3, 0.4) is 0 Å². The molecule has 0 bridgehead atoms. The highest BCUT2D eigenvalue weighted by Gasteiger charge is 2.68. The Labute approximate surface area is 77.3 Å². The van der Waals surface area contributed by atoms with Crippen LogP contribution in [0.4, 0.5) is 13.2 Å². The molecule has 14 heavy (non-hydrogen) atoms. The lowest BCUT2D eigenvalue weighted by Crippen LogP contribution is -2.54. The van der Waals surface area contributed by atoms with Gasteiger partial charge in [-0.15, -0.1) is 0 Å². The molecule has 0 aliphatic rings. The summed E-state index contributed by atoms with van der Waals surface area (Å²) in [5.74, 6) is -6.38. The molecular formula is C7H9F3O4. The molecule has 0 aliphatic heterocycles. The van der Waals surface area contributed by atoms with Crippen LogP contribution in [0, 0.1) is 11.3 Å². The molecule has 0 rings (SSSR count). The van der Waals surface area contributed by atoms with Crippen LogP contribution in [0.25, 0.3) is 0 Å². The number of carbonyl (C=O) groups is 2. The molecule has 0 aromatic heterocycles. The highest BCUT2D eigenvalue weighted by molar-refractivity contribution is 5.99. The van der Waals surface area contributed by atoms with Crippen molar-refractivity contribution in [1.29, 1.82) is 0 Å². The van der Waals surface area contributed by atoms with E-state index < -0.39 is 29.4 Å². The standard InChI is InChI=1S/C7H9F3O4/c1-3(2)6(4(11)12,5(13)14)7(8,9)10/h3H,1-2H3,(H,11,12)(H,13,14). The van der Waals surface area contributed by atoms with Crippen LogP contribution < -0.4 is 0 Å². The van der Waals surface area contributed by atoms with E-state index in [0.717, 1.165) is 13.8 Å². The molecule has 2 N–H and O–H groups in total. The predicted molar refractivity (Wildman–Crippen MR) is 38.6 cm³/mol. The Balaban J connectivity index is 5.65. The molecular weight excluding hydrogens is 205 g/mol. The highest BCUT2D eigenvalue weighted by atomic mass is 19.4. The Kier molecular flexibility index (Phi) is 3.15. The van der Waals surface area contributed by atoms with Crippen LogP contribution in [-0.2, 0) is 9.59 Å². The largest absolute Gasteiger partial charge is 0.480 e. The van der Waals surface area contributed by atoms with E-state index in [2.05, 4.69) is 0 Å². The molecule has 0 aromatic rings. The molecule has 0 unspecified atom stereocenters. The van der Waals surface area contributed by atoms with E-state index in [4.69, 9.17) is 10.2 Å². The zero-order valence-corrected chi connectivity index (χ0v) is 7.42. The Hall–Kier alpha value is -1.27. The van der Waals surface area contributed by atoms with Gasteiger partial charge in [-0.2, -0.15) is 13.2 Å². The minimum atomic E-state index is -5.32. The highest BCUT2D eigenvalue weighted by Crippen LogP contribution is 2.44. The summed E-state index contributed by atoms with van der Waals surface area (Å²) < 4.78 is 37.1. The third-order valence-corrected chi connectivity index (χ3v) is 1.99. The van der Waals surface area contributed by atoms with Crippen molar-refractivity contribution in [3.8, 4) is 0 Å². The third-order valence-electron chi connectivity index (χ3n) is 1.99. The molecule has 0 aliphatic carbocycles. The molecule has 0 saturated heterocycles. The first-order chi connectivity index (χ1) is 6.08. The van der Waals surface area contributed by atoms with Gasteiger partial charge in [0.25, 0.3) is 5.41 Å². The van der Waals surface area contributed by atoms with Gasteiger partial charge in [0.1, 0.15) is 0 Å². The summed E-state index contributed by atoms with van der Waals surface area (Å²) in [6, 6.07) is 0. The van der Waals surface area contributed by atoms with Crippen molar-refractivity contribution >= 4 is 11.9 Å². The average Bonchev–Trinajstić information content (AvgIpc) is 1.79. The van der Waals surface area contributed by atoms with Crippen molar-refractivity contribution in [2.75, 3.05) is 0 Å². The number of rotatable bonds is 3. The molecule has 0 spiro atoms. The van der Waals surface area contributed by atoms with Gasteiger partial charge in [-0.05, 0) is 5.92 Å². The van der Waals surface area contributed by atoms with Crippen LogP contribution in [0.15, 0.2) is 0 Å². The second kappa shape index (κ2) is 3.47. The molecule has 7 heteroatoms. The molecule has 0 heterocycles. The van der Waals surface area contributed by atoms with E-state index >= 15 is 0 Å².